The summed E-state index contributed by atoms with van der Waals surface area (Å²) in [5.74, 6) is 1.35. The summed E-state index contributed by atoms with van der Waals surface area (Å²) in [4.78, 5) is 0. The van der Waals surface area contributed by atoms with E-state index in [1.54, 1.807) is 6.07 Å². The van der Waals surface area contributed by atoms with Gasteiger partial charge < -0.3 is 0 Å². The minimum absolute atomic E-state index is 0.127. The highest BCUT2D eigenvalue weighted by Gasteiger charge is 2.30. The minimum atomic E-state index is -0.752. The van der Waals surface area contributed by atoms with Crippen LogP contribution < -0.4 is 0 Å². The van der Waals surface area contributed by atoms with Crippen molar-refractivity contribution in [2.45, 2.75) is 95.2 Å². The summed E-state index contributed by atoms with van der Waals surface area (Å²) in [5.41, 5.74) is 0.913. The Balaban J connectivity index is 1.26. The van der Waals surface area contributed by atoms with Crippen LogP contribution in [0.1, 0.15) is 76.2 Å². The lowest BCUT2D eigenvalue weighted by molar-refractivity contribution is 0.184. The van der Waals surface area contributed by atoms with E-state index in [4.69, 9.17) is 0 Å². The average Bonchev–Trinajstić information content (AvgIpc) is 2.75. The van der Waals surface area contributed by atoms with Crippen LogP contribution in [-0.4, -0.2) is 15.5 Å². The van der Waals surface area contributed by atoms with Crippen molar-refractivity contribution in [3.63, 3.8) is 0 Å². The third-order valence-corrected chi connectivity index (χ3v) is 11.3. The second-order valence-corrected chi connectivity index (χ2v) is 13.2. The van der Waals surface area contributed by atoms with Crippen LogP contribution in [0, 0.1) is 29.4 Å². The fraction of sp³-hybridized carbons (Fsp3) is 0.760. The molecule has 1 aromatic carbocycles. The standard InChI is InChI=1S/C25H39F3Si/c26-15-3-4-16-29-17-13-23(14-18-29)22-10-7-20(8-11-22)5-1-2-6-21-9-12-24(27)25(28)19-21/h9,12,19-20,22-23,29H,1-8,10-11,13-18H2/t20-,22-,23?,29?. The van der Waals surface area contributed by atoms with E-state index in [1.807, 2.05) is 0 Å². The average molecular weight is 425 g/mol. The Hall–Kier alpha value is -0.773. The molecule has 0 unspecified atom stereocenters. The third kappa shape index (κ3) is 7.45. The van der Waals surface area contributed by atoms with Gasteiger partial charge in [0, 0.05) is 8.80 Å². The van der Waals surface area contributed by atoms with Gasteiger partial charge in [-0.2, -0.15) is 0 Å². The maximum absolute atomic E-state index is 13.3. The molecule has 164 valence electrons. The van der Waals surface area contributed by atoms with Crippen molar-refractivity contribution < 1.29 is 13.2 Å². The van der Waals surface area contributed by atoms with E-state index in [0.717, 1.165) is 49.0 Å². The summed E-state index contributed by atoms with van der Waals surface area (Å²) in [6.07, 6.45) is 14.9. The molecule has 2 fully saturated rings. The SMILES string of the molecule is FCCCC[SiH]1CCC([C@H]2CC[C@H](CCCCc3ccc(F)c(F)c3)CC2)CC1. The van der Waals surface area contributed by atoms with E-state index in [2.05, 4.69) is 0 Å². The highest BCUT2D eigenvalue weighted by atomic mass is 28.3. The zero-order valence-corrected chi connectivity index (χ0v) is 19.1. The number of hydrogen-bond donors (Lipinski definition) is 0. The Morgan fingerprint density at radius 2 is 1.52 bits per heavy atom. The first kappa shape index (κ1) is 22.9. The lowest BCUT2D eigenvalue weighted by atomic mass is 9.73. The van der Waals surface area contributed by atoms with Crippen molar-refractivity contribution in [3.05, 3.63) is 35.4 Å². The first-order chi connectivity index (χ1) is 14.2. The third-order valence-electron chi connectivity index (χ3n) is 7.76. The first-order valence-corrected chi connectivity index (χ1v) is 14.6. The van der Waals surface area contributed by atoms with Crippen LogP contribution >= 0.6 is 0 Å². The molecule has 1 saturated heterocycles. The van der Waals surface area contributed by atoms with Gasteiger partial charge in [-0.05, 0) is 67.6 Å². The predicted octanol–water partition coefficient (Wildman–Crippen LogP) is 7.87. The van der Waals surface area contributed by atoms with E-state index in [-0.39, 0.29) is 6.67 Å². The molecule has 1 aliphatic carbocycles. The molecule has 0 spiro atoms. The van der Waals surface area contributed by atoms with Crippen molar-refractivity contribution in [1.29, 1.82) is 0 Å². The zero-order chi connectivity index (χ0) is 20.5. The minimum Gasteiger partial charge on any atom is -0.251 e. The second kappa shape index (κ2) is 12.2. The summed E-state index contributed by atoms with van der Waals surface area (Å²) < 4.78 is 38.5. The molecule has 0 atom stereocenters. The van der Waals surface area contributed by atoms with E-state index < -0.39 is 20.4 Å². The fourth-order valence-corrected chi connectivity index (χ4v) is 9.41. The molecule has 3 rings (SSSR count). The molecule has 1 saturated carbocycles. The molecular weight excluding hydrogens is 385 g/mol. The second-order valence-electron chi connectivity index (χ2n) is 9.74. The van der Waals surface area contributed by atoms with Crippen LogP contribution in [0.2, 0.25) is 18.1 Å². The van der Waals surface area contributed by atoms with Gasteiger partial charge in [-0.15, -0.1) is 0 Å². The number of rotatable bonds is 10. The Morgan fingerprint density at radius 1 is 0.793 bits per heavy atom. The number of halogens is 3. The normalized spacial score (nSPS) is 27.8. The first-order valence-electron chi connectivity index (χ1n) is 12.2. The smallest absolute Gasteiger partial charge is 0.159 e. The van der Waals surface area contributed by atoms with Gasteiger partial charge in [-0.25, -0.2) is 8.78 Å². The molecule has 1 aromatic rings. The van der Waals surface area contributed by atoms with E-state index >= 15 is 0 Å². The van der Waals surface area contributed by atoms with Crippen molar-refractivity contribution in [1.82, 2.24) is 0 Å². The Kier molecular flexibility index (Phi) is 9.61. The van der Waals surface area contributed by atoms with Gasteiger partial charge >= 0.3 is 0 Å². The lowest BCUT2D eigenvalue weighted by Gasteiger charge is -2.37. The van der Waals surface area contributed by atoms with Crippen molar-refractivity contribution in [3.8, 4) is 0 Å². The van der Waals surface area contributed by atoms with E-state index in [1.165, 1.54) is 81.6 Å². The van der Waals surface area contributed by atoms with Crippen LogP contribution in [-0.2, 0) is 6.42 Å². The molecule has 0 nitrogen and oxygen atoms in total. The van der Waals surface area contributed by atoms with Gasteiger partial charge in [-0.3, -0.25) is 4.39 Å². The highest BCUT2D eigenvalue weighted by Crippen LogP contribution is 2.42. The molecule has 0 amide bonds. The summed E-state index contributed by atoms with van der Waals surface area (Å²) in [6.45, 7) is -0.127. The van der Waals surface area contributed by atoms with Crippen molar-refractivity contribution in [2.24, 2.45) is 17.8 Å². The van der Waals surface area contributed by atoms with Crippen LogP contribution in [0.3, 0.4) is 0 Å². The van der Waals surface area contributed by atoms with Crippen molar-refractivity contribution >= 4 is 8.80 Å². The van der Waals surface area contributed by atoms with Crippen molar-refractivity contribution in [2.75, 3.05) is 6.67 Å². The van der Waals surface area contributed by atoms with Crippen LogP contribution in [0.5, 0.6) is 0 Å². The molecule has 2 aliphatic rings. The summed E-state index contributed by atoms with van der Waals surface area (Å²) in [7, 11) is -0.525. The number of hydrogen-bond acceptors (Lipinski definition) is 0. The van der Waals surface area contributed by atoms with Gasteiger partial charge in [0.25, 0.3) is 0 Å². The van der Waals surface area contributed by atoms with Crippen LogP contribution in [0.25, 0.3) is 0 Å². The Bertz CT molecular complexity index is 590. The molecule has 0 radical (unpaired) electrons. The molecule has 0 N–H and O–H groups in total. The van der Waals surface area contributed by atoms with Gasteiger partial charge in [0.05, 0.1) is 6.67 Å². The lowest BCUT2D eigenvalue weighted by Crippen LogP contribution is -2.28. The number of benzene rings is 1. The van der Waals surface area contributed by atoms with Gasteiger partial charge in [-0.1, -0.05) is 69.1 Å². The molecule has 1 heterocycles. The Morgan fingerprint density at radius 3 is 2.21 bits per heavy atom. The fourth-order valence-electron chi connectivity index (χ4n) is 5.88. The summed E-state index contributed by atoms with van der Waals surface area (Å²) in [6, 6.07) is 8.71. The predicted molar refractivity (Wildman–Crippen MR) is 119 cm³/mol. The molecule has 4 heteroatoms. The number of aryl methyl sites for hydroxylation is 1. The van der Waals surface area contributed by atoms with Gasteiger partial charge in [0.2, 0.25) is 0 Å². The summed E-state index contributed by atoms with van der Waals surface area (Å²) in [5, 5.41) is 0. The molecular formula is C25H39F3Si. The zero-order valence-electron chi connectivity index (χ0n) is 18.0. The van der Waals surface area contributed by atoms with Gasteiger partial charge in [0.15, 0.2) is 11.6 Å². The monoisotopic (exact) mass is 424 g/mol. The van der Waals surface area contributed by atoms with Gasteiger partial charge in [0.1, 0.15) is 0 Å². The number of unbranched alkanes of at least 4 members (excludes halogenated alkanes) is 2. The van der Waals surface area contributed by atoms with E-state index in [9.17, 15) is 13.2 Å². The summed E-state index contributed by atoms with van der Waals surface area (Å²) >= 11 is 0. The van der Waals surface area contributed by atoms with Crippen LogP contribution in [0.15, 0.2) is 18.2 Å². The quantitative estimate of drug-likeness (QED) is 0.265. The molecule has 1 aliphatic heterocycles. The molecule has 29 heavy (non-hydrogen) atoms. The topological polar surface area (TPSA) is 0 Å². The maximum atomic E-state index is 13.3. The molecule has 0 bridgehead atoms. The largest absolute Gasteiger partial charge is 0.251 e. The van der Waals surface area contributed by atoms with E-state index in [0.29, 0.717) is 0 Å². The molecule has 0 aromatic heterocycles. The Labute approximate surface area is 177 Å². The highest BCUT2D eigenvalue weighted by molar-refractivity contribution is 6.58. The number of alkyl halides is 1. The van der Waals surface area contributed by atoms with Crippen LogP contribution in [0.4, 0.5) is 13.2 Å². The maximum Gasteiger partial charge on any atom is 0.159 e.